The quantitative estimate of drug-likeness (QED) is 0.714. The van der Waals surface area contributed by atoms with Gasteiger partial charge in [0.1, 0.15) is 5.75 Å². The fraction of sp³-hybridized carbons (Fsp3) is 0.0476. The molecule has 0 aromatic heterocycles. The first-order valence-electron chi connectivity index (χ1n) is 7.84. The maximum absolute atomic E-state index is 12.7. The van der Waals surface area contributed by atoms with Crippen LogP contribution in [0, 0.1) is 0 Å². The van der Waals surface area contributed by atoms with Crippen LogP contribution in [0.1, 0.15) is 26.3 Å². The Morgan fingerprint density at radius 1 is 0.760 bits per heavy atom. The van der Waals surface area contributed by atoms with Gasteiger partial charge in [-0.2, -0.15) is 0 Å². The number of carbonyl (C=O) groups excluding carboxylic acids is 2. The number of amides is 1. The van der Waals surface area contributed by atoms with Gasteiger partial charge in [-0.3, -0.25) is 9.59 Å². The van der Waals surface area contributed by atoms with E-state index in [-0.39, 0.29) is 11.7 Å². The van der Waals surface area contributed by atoms with Gasteiger partial charge in [-0.05, 0) is 18.2 Å². The molecule has 0 radical (unpaired) electrons. The minimum Gasteiger partial charge on any atom is -0.495 e. The highest BCUT2D eigenvalue weighted by molar-refractivity contribution is 6.17. The molecule has 0 heterocycles. The Kier molecular flexibility index (Phi) is 4.90. The van der Waals surface area contributed by atoms with Gasteiger partial charge in [0.15, 0.2) is 5.78 Å². The summed E-state index contributed by atoms with van der Waals surface area (Å²) >= 11 is 0. The lowest BCUT2D eigenvalue weighted by atomic mass is 9.98. The van der Waals surface area contributed by atoms with Gasteiger partial charge in [0, 0.05) is 11.1 Å². The summed E-state index contributed by atoms with van der Waals surface area (Å²) in [5.74, 6) is 0.0125. The summed E-state index contributed by atoms with van der Waals surface area (Å²) in [7, 11) is 1.54. The van der Waals surface area contributed by atoms with Crippen molar-refractivity contribution in [3.8, 4) is 5.75 Å². The molecule has 0 aliphatic heterocycles. The Morgan fingerprint density at radius 2 is 1.36 bits per heavy atom. The van der Waals surface area contributed by atoms with Gasteiger partial charge in [-0.25, -0.2) is 0 Å². The second kappa shape index (κ2) is 7.45. The van der Waals surface area contributed by atoms with E-state index in [0.29, 0.717) is 28.1 Å². The maximum Gasteiger partial charge on any atom is 0.256 e. The Hall–Kier alpha value is -3.40. The van der Waals surface area contributed by atoms with Gasteiger partial charge in [0.05, 0.1) is 18.4 Å². The number of ketones is 1. The van der Waals surface area contributed by atoms with Crippen molar-refractivity contribution >= 4 is 17.4 Å². The summed E-state index contributed by atoms with van der Waals surface area (Å²) in [6, 6.07) is 22.8. The molecule has 4 heteroatoms. The van der Waals surface area contributed by atoms with Crippen molar-refractivity contribution in [2.45, 2.75) is 0 Å². The van der Waals surface area contributed by atoms with E-state index in [4.69, 9.17) is 4.74 Å². The van der Waals surface area contributed by atoms with E-state index in [1.165, 1.54) is 7.11 Å². The lowest BCUT2D eigenvalue weighted by Crippen LogP contribution is -2.17. The van der Waals surface area contributed by atoms with Crippen LogP contribution < -0.4 is 10.1 Å². The highest BCUT2D eigenvalue weighted by Crippen LogP contribution is 2.24. The van der Waals surface area contributed by atoms with Gasteiger partial charge >= 0.3 is 0 Å². The third kappa shape index (κ3) is 3.58. The zero-order valence-corrected chi connectivity index (χ0v) is 13.7. The third-order valence-electron chi connectivity index (χ3n) is 3.81. The van der Waals surface area contributed by atoms with Crippen LogP contribution >= 0.6 is 0 Å². The lowest BCUT2D eigenvalue weighted by Gasteiger charge is -2.12. The lowest BCUT2D eigenvalue weighted by molar-refractivity contribution is 0.0996. The molecule has 0 spiro atoms. The normalized spacial score (nSPS) is 10.1. The number of nitrogens with one attached hydrogen (secondary N) is 1. The van der Waals surface area contributed by atoms with Crippen LogP contribution in [0.2, 0.25) is 0 Å². The Balaban J connectivity index is 1.93. The monoisotopic (exact) mass is 331 g/mol. The van der Waals surface area contributed by atoms with Crippen molar-refractivity contribution < 1.29 is 14.3 Å². The summed E-state index contributed by atoms with van der Waals surface area (Å²) in [6.07, 6.45) is 0. The molecule has 0 aliphatic carbocycles. The van der Waals surface area contributed by atoms with E-state index in [0.717, 1.165) is 0 Å². The van der Waals surface area contributed by atoms with Crippen LogP contribution in [0.5, 0.6) is 5.75 Å². The predicted molar refractivity (Wildman–Crippen MR) is 97.3 cm³/mol. The maximum atomic E-state index is 12.7. The number of hydrogen-bond donors (Lipinski definition) is 1. The molecule has 0 bridgehead atoms. The van der Waals surface area contributed by atoms with Gasteiger partial charge in [-0.15, -0.1) is 0 Å². The van der Waals surface area contributed by atoms with E-state index in [9.17, 15) is 9.59 Å². The summed E-state index contributed by atoms with van der Waals surface area (Å²) in [5, 5.41) is 2.81. The second-order valence-electron chi connectivity index (χ2n) is 5.40. The summed E-state index contributed by atoms with van der Waals surface area (Å²) < 4.78 is 5.25. The molecule has 1 amide bonds. The molecule has 0 saturated carbocycles. The van der Waals surface area contributed by atoms with E-state index >= 15 is 0 Å². The second-order valence-corrected chi connectivity index (χ2v) is 5.40. The number of para-hydroxylation sites is 2. The SMILES string of the molecule is COc1ccccc1NC(=O)c1ccccc1C(=O)c1ccccc1. The van der Waals surface area contributed by atoms with Crippen molar-refractivity contribution in [2.75, 3.05) is 12.4 Å². The van der Waals surface area contributed by atoms with Crippen LogP contribution in [-0.2, 0) is 0 Å². The van der Waals surface area contributed by atoms with Crippen molar-refractivity contribution in [3.05, 3.63) is 95.6 Å². The molecule has 1 N–H and O–H groups in total. The molecule has 3 aromatic rings. The minimum atomic E-state index is -0.357. The van der Waals surface area contributed by atoms with Gasteiger partial charge in [-0.1, -0.05) is 60.7 Å². The van der Waals surface area contributed by atoms with Crippen molar-refractivity contribution in [2.24, 2.45) is 0 Å². The summed E-state index contributed by atoms with van der Waals surface area (Å²) in [6.45, 7) is 0. The fourth-order valence-corrected chi connectivity index (χ4v) is 2.56. The van der Waals surface area contributed by atoms with Crippen molar-refractivity contribution in [3.63, 3.8) is 0 Å². The van der Waals surface area contributed by atoms with E-state index in [2.05, 4.69) is 5.32 Å². The molecule has 0 atom stereocenters. The standard InChI is InChI=1S/C21H17NO3/c1-25-19-14-8-7-13-18(19)22-21(24)17-12-6-5-11-16(17)20(23)15-9-3-2-4-10-15/h2-14H,1H3,(H,22,24). The van der Waals surface area contributed by atoms with Gasteiger partial charge < -0.3 is 10.1 Å². The molecular weight excluding hydrogens is 314 g/mol. The van der Waals surface area contributed by atoms with E-state index in [1.54, 1.807) is 66.7 Å². The molecule has 0 unspecified atom stereocenters. The highest BCUT2D eigenvalue weighted by atomic mass is 16.5. The first kappa shape index (κ1) is 16.5. The molecule has 0 aliphatic rings. The first-order chi connectivity index (χ1) is 12.2. The smallest absolute Gasteiger partial charge is 0.256 e. The number of methoxy groups -OCH3 is 1. The van der Waals surface area contributed by atoms with Crippen LogP contribution in [0.25, 0.3) is 0 Å². The Labute approximate surface area is 146 Å². The Morgan fingerprint density at radius 3 is 2.08 bits per heavy atom. The van der Waals surface area contributed by atoms with Crippen molar-refractivity contribution in [1.82, 2.24) is 0 Å². The number of hydrogen-bond acceptors (Lipinski definition) is 3. The number of ether oxygens (including phenoxy) is 1. The number of benzene rings is 3. The number of rotatable bonds is 5. The fourth-order valence-electron chi connectivity index (χ4n) is 2.56. The Bertz CT molecular complexity index is 904. The molecular formula is C21H17NO3. The molecule has 124 valence electrons. The van der Waals surface area contributed by atoms with Crippen LogP contribution in [0.4, 0.5) is 5.69 Å². The van der Waals surface area contributed by atoms with E-state index in [1.807, 2.05) is 12.1 Å². The van der Waals surface area contributed by atoms with E-state index < -0.39 is 0 Å². The van der Waals surface area contributed by atoms with Crippen LogP contribution in [-0.4, -0.2) is 18.8 Å². The molecule has 0 fully saturated rings. The third-order valence-corrected chi connectivity index (χ3v) is 3.81. The van der Waals surface area contributed by atoms with Crippen LogP contribution in [0.15, 0.2) is 78.9 Å². The zero-order valence-electron chi connectivity index (χ0n) is 13.7. The number of anilines is 1. The average molecular weight is 331 g/mol. The molecule has 0 saturated heterocycles. The average Bonchev–Trinajstić information content (AvgIpc) is 2.68. The highest BCUT2D eigenvalue weighted by Gasteiger charge is 2.18. The number of carbonyl (C=O) groups is 2. The van der Waals surface area contributed by atoms with Gasteiger partial charge in [0.2, 0.25) is 0 Å². The molecule has 3 rings (SSSR count). The minimum absolute atomic E-state index is 0.189. The molecule has 25 heavy (non-hydrogen) atoms. The van der Waals surface area contributed by atoms with Crippen molar-refractivity contribution in [1.29, 1.82) is 0 Å². The van der Waals surface area contributed by atoms with Gasteiger partial charge in [0.25, 0.3) is 5.91 Å². The predicted octanol–water partition coefficient (Wildman–Crippen LogP) is 4.18. The molecule has 4 nitrogen and oxygen atoms in total. The largest absolute Gasteiger partial charge is 0.495 e. The topological polar surface area (TPSA) is 55.4 Å². The zero-order chi connectivity index (χ0) is 17.6. The molecule has 3 aromatic carbocycles. The van der Waals surface area contributed by atoms with Crippen LogP contribution in [0.3, 0.4) is 0 Å². The summed E-state index contributed by atoms with van der Waals surface area (Å²) in [4.78, 5) is 25.5. The summed E-state index contributed by atoms with van der Waals surface area (Å²) in [5.41, 5.74) is 1.78. The first-order valence-corrected chi connectivity index (χ1v) is 7.84.